The summed E-state index contributed by atoms with van der Waals surface area (Å²) in [7, 11) is 0. The SMILES string of the molecule is OCC1(C2(O)CCCC2)CCCCCCC1. The van der Waals surface area contributed by atoms with Gasteiger partial charge in [0.05, 0.1) is 12.2 Å². The fraction of sp³-hybridized carbons (Fsp3) is 1.00. The molecule has 0 aromatic heterocycles. The van der Waals surface area contributed by atoms with Crippen LogP contribution in [-0.2, 0) is 0 Å². The lowest BCUT2D eigenvalue weighted by Crippen LogP contribution is -2.49. The Morgan fingerprint density at radius 2 is 1.12 bits per heavy atom. The number of aliphatic hydroxyl groups excluding tert-OH is 1. The molecule has 2 saturated carbocycles. The van der Waals surface area contributed by atoms with Crippen LogP contribution >= 0.6 is 0 Å². The molecule has 2 rings (SSSR count). The first kappa shape index (κ1) is 12.4. The highest BCUT2D eigenvalue weighted by Gasteiger charge is 2.50. The maximum atomic E-state index is 10.8. The lowest BCUT2D eigenvalue weighted by molar-refractivity contribution is -0.118. The summed E-state index contributed by atoms with van der Waals surface area (Å²) in [4.78, 5) is 0. The first-order valence-electron chi connectivity index (χ1n) is 7.06. The van der Waals surface area contributed by atoms with Gasteiger partial charge in [-0.1, -0.05) is 44.9 Å². The zero-order chi connectivity index (χ0) is 11.5. The van der Waals surface area contributed by atoms with Crippen LogP contribution in [0.2, 0.25) is 0 Å². The molecular formula is C14H26O2. The second-order valence-electron chi connectivity index (χ2n) is 5.94. The Balaban J connectivity index is 2.14. The van der Waals surface area contributed by atoms with Crippen LogP contribution in [0.1, 0.15) is 70.6 Å². The second kappa shape index (κ2) is 5.05. The van der Waals surface area contributed by atoms with Crippen LogP contribution in [-0.4, -0.2) is 22.4 Å². The van der Waals surface area contributed by atoms with Gasteiger partial charge in [0.2, 0.25) is 0 Å². The van der Waals surface area contributed by atoms with Crippen molar-refractivity contribution < 1.29 is 10.2 Å². The monoisotopic (exact) mass is 226 g/mol. The Kier molecular flexibility index (Phi) is 3.91. The second-order valence-corrected chi connectivity index (χ2v) is 5.94. The Morgan fingerprint density at radius 1 is 0.688 bits per heavy atom. The van der Waals surface area contributed by atoms with Crippen LogP contribution in [0.15, 0.2) is 0 Å². The predicted molar refractivity (Wildman–Crippen MR) is 65.3 cm³/mol. The van der Waals surface area contributed by atoms with Crippen LogP contribution in [0.3, 0.4) is 0 Å². The van der Waals surface area contributed by atoms with Gasteiger partial charge in [0, 0.05) is 5.41 Å². The van der Waals surface area contributed by atoms with Crippen molar-refractivity contribution >= 4 is 0 Å². The van der Waals surface area contributed by atoms with Gasteiger partial charge in [-0.3, -0.25) is 0 Å². The summed E-state index contributed by atoms with van der Waals surface area (Å²) in [6.45, 7) is 0.184. The molecule has 0 spiro atoms. The van der Waals surface area contributed by atoms with Crippen molar-refractivity contribution in [3.63, 3.8) is 0 Å². The Bertz CT molecular complexity index is 211. The van der Waals surface area contributed by atoms with E-state index in [2.05, 4.69) is 0 Å². The van der Waals surface area contributed by atoms with Crippen molar-refractivity contribution in [1.82, 2.24) is 0 Å². The third kappa shape index (κ3) is 2.14. The lowest BCUT2D eigenvalue weighted by atomic mass is 9.64. The van der Waals surface area contributed by atoms with Gasteiger partial charge in [0.1, 0.15) is 0 Å². The normalized spacial score (nSPS) is 29.6. The van der Waals surface area contributed by atoms with Gasteiger partial charge in [0.15, 0.2) is 0 Å². The van der Waals surface area contributed by atoms with Crippen LogP contribution in [0.5, 0.6) is 0 Å². The van der Waals surface area contributed by atoms with Crippen LogP contribution in [0.4, 0.5) is 0 Å². The zero-order valence-electron chi connectivity index (χ0n) is 10.4. The largest absolute Gasteiger partial charge is 0.396 e. The van der Waals surface area contributed by atoms with Crippen molar-refractivity contribution in [3.8, 4) is 0 Å². The third-order valence-electron chi connectivity index (χ3n) is 5.03. The molecule has 2 aliphatic rings. The van der Waals surface area contributed by atoms with Crippen molar-refractivity contribution in [2.45, 2.75) is 76.2 Å². The van der Waals surface area contributed by atoms with Gasteiger partial charge in [0.25, 0.3) is 0 Å². The molecule has 0 aromatic rings. The molecule has 2 fully saturated rings. The molecule has 0 unspecified atom stereocenters. The van der Waals surface area contributed by atoms with E-state index >= 15 is 0 Å². The molecule has 0 saturated heterocycles. The fourth-order valence-corrected chi connectivity index (χ4v) is 3.84. The minimum atomic E-state index is -0.556. The number of hydrogen-bond donors (Lipinski definition) is 2. The molecule has 94 valence electrons. The van der Waals surface area contributed by atoms with Crippen molar-refractivity contribution in [1.29, 1.82) is 0 Å². The van der Waals surface area contributed by atoms with E-state index in [1.54, 1.807) is 0 Å². The smallest absolute Gasteiger partial charge is 0.0725 e. The molecule has 0 atom stereocenters. The molecule has 0 heterocycles. The average molecular weight is 226 g/mol. The highest BCUT2D eigenvalue weighted by Crippen LogP contribution is 2.50. The van der Waals surface area contributed by atoms with E-state index in [1.165, 1.54) is 32.1 Å². The molecule has 0 radical (unpaired) electrons. The van der Waals surface area contributed by atoms with E-state index in [0.29, 0.717) is 0 Å². The summed E-state index contributed by atoms with van der Waals surface area (Å²) >= 11 is 0. The average Bonchev–Trinajstić information content (AvgIpc) is 2.67. The maximum absolute atomic E-state index is 10.8. The molecule has 2 aliphatic carbocycles. The van der Waals surface area contributed by atoms with Crippen LogP contribution < -0.4 is 0 Å². The summed E-state index contributed by atoms with van der Waals surface area (Å²) in [5.74, 6) is 0. The molecule has 0 aliphatic heterocycles. The maximum Gasteiger partial charge on any atom is 0.0725 e. The number of aliphatic hydroxyl groups is 2. The number of hydrogen-bond acceptors (Lipinski definition) is 2. The molecule has 2 nitrogen and oxygen atoms in total. The minimum absolute atomic E-state index is 0.177. The van der Waals surface area contributed by atoms with Crippen molar-refractivity contribution in [3.05, 3.63) is 0 Å². The van der Waals surface area contributed by atoms with Crippen LogP contribution in [0.25, 0.3) is 0 Å². The molecule has 0 aromatic carbocycles. The summed E-state index contributed by atoms with van der Waals surface area (Å²) in [6, 6.07) is 0. The molecule has 0 amide bonds. The van der Waals surface area contributed by atoms with Gasteiger partial charge >= 0.3 is 0 Å². The Hall–Kier alpha value is -0.0800. The Labute approximate surface area is 99.1 Å². The fourth-order valence-electron chi connectivity index (χ4n) is 3.84. The van der Waals surface area contributed by atoms with Gasteiger partial charge < -0.3 is 10.2 Å². The van der Waals surface area contributed by atoms with Crippen LogP contribution in [0, 0.1) is 5.41 Å². The minimum Gasteiger partial charge on any atom is -0.396 e. The molecular weight excluding hydrogens is 200 g/mol. The predicted octanol–water partition coefficient (Wildman–Crippen LogP) is 3.01. The molecule has 2 N–H and O–H groups in total. The zero-order valence-corrected chi connectivity index (χ0v) is 10.4. The standard InChI is InChI=1S/C14H26O2/c15-12-13(14(16)10-6-7-11-14)8-4-2-1-3-5-9-13/h15-16H,1-12H2. The third-order valence-corrected chi connectivity index (χ3v) is 5.03. The van der Waals surface area contributed by atoms with Gasteiger partial charge in [-0.15, -0.1) is 0 Å². The van der Waals surface area contributed by atoms with E-state index in [0.717, 1.165) is 38.5 Å². The highest BCUT2D eigenvalue weighted by molar-refractivity contribution is 5.01. The van der Waals surface area contributed by atoms with E-state index in [1.807, 2.05) is 0 Å². The summed E-state index contributed by atoms with van der Waals surface area (Å²) in [6.07, 6.45) is 12.4. The molecule has 2 heteroatoms. The first-order chi connectivity index (χ1) is 7.72. The van der Waals surface area contributed by atoms with Gasteiger partial charge in [-0.25, -0.2) is 0 Å². The quantitative estimate of drug-likeness (QED) is 0.760. The van der Waals surface area contributed by atoms with Crippen molar-refractivity contribution in [2.75, 3.05) is 6.61 Å². The molecule has 0 bridgehead atoms. The lowest BCUT2D eigenvalue weighted by Gasteiger charge is -2.45. The summed E-state index contributed by atoms with van der Waals surface area (Å²) in [5.41, 5.74) is -0.733. The summed E-state index contributed by atoms with van der Waals surface area (Å²) in [5, 5.41) is 20.6. The van der Waals surface area contributed by atoms with E-state index in [4.69, 9.17) is 0 Å². The van der Waals surface area contributed by atoms with E-state index < -0.39 is 5.60 Å². The molecule has 16 heavy (non-hydrogen) atoms. The number of rotatable bonds is 2. The highest BCUT2D eigenvalue weighted by atomic mass is 16.3. The van der Waals surface area contributed by atoms with Gasteiger partial charge in [-0.05, 0) is 25.7 Å². The topological polar surface area (TPSA) is 40.5 Å². The van der Waals surface area contributed by atoms with Gasteiger partial charge in [-0.2, -0.15) is 0 Å². The van der Waals surface area contributed by atoms with E-state index in [-0.39, 0.29) is 12.0 Å². The van der Waals surface area contributed by atoms with E-state index in [9.17, 15) is 10.2 Å². The Morgan fingerprint density at radius 3 is 1.62 bits per heavy atom. The first-order valence-corrected chi connectivity index (χ1v) is 7.06. The summed E-state index contributed by atoms with van der Waals surface area (Å²) < 4.78 is 0. The van der Waals surface area contributed by atoms with Crippen molar-refractivity contribution in [2.24, 2.45) is 5.41 Å².